The fourth-order valence-corrected chi connectivity index (χ4v) is 4.44. The molecule has 1 saturated heterocycles. The number of benzene rings is 1. The molecule has 2 aliphatic heterocycles. The lowest BCUT2D eigenvalue weighted by atomic mass is 9.80. The molecule has 8 nitrogen and oxygen atoms in total. The maximum Gasteiger partial charge on any atom is 0.408 e. The van der Waals surface area contributed by atoms with Crippen molar-refractivity contribution in [3.63, 3.8) is 0 Å². The second kappa shape index (κ2) is 6.94. The second-order valence-electron chi connectivity index (χ2n) is 7.96. The van der Waals surface area contributed by atoms with Crippen LogP contribution in [0.25, 0.3) is 5.57 Å². The molecule has 2 unspecified atom stereocenters. The lowest BCUT2D eigenvalue weighted by molar-refractivity contribution is -0.149. The van der Waals surface area contributed by atoms with Crippen LogP contribution < -0.4 is 5.48 Å². The van der Waals surface area contributed by atoms with Crippen molar-refractivity contribution in [2.24, 2.45) is 11.3 Å². The van der Waals surface area contributed by atoms with Crippen molar-refractivity contribution >= 4 is 23.5 Å². The van der Waals surface area contributed by atoms with Crippen molar-refractivity contribution in [3.05, 3.63) is 42.0 Å². The van der Waals surface area contributed by atoms with Crippen molar-refractivity contribution in [1.82, 2.24) is 15.3 Å². The summed E-state index contributed by atoms with van der Waals surface area (Å²) < 4.78 is 0. The summed E-state index contributed by atoms with van der Waals surface area (Å²) in [6, 6.07) is 8.56. The molecule has 28 heavy (non-hydrogen) atoms. The third-order valence-corrected chi connectivity index (χ3v) is 6.15. The molecule has 2 fully saturated rings. The molecule has 1 aromatic rings. The Kier molecular flexibility index (Phi) is 4.58. The Hall–Kier alpha value is -2.87. The van der Waals surface area contributed by atoms with E-state index < -0.39 is 29.9 Å². The van der Waals surface area contributed by atoms with E-state index in [1.165, 1.54) is 0 Å². The number of rotatable bonds is 3. The summed E-state index contributed by atoms with van der Waals surface area (Å²) in [5, 5.41) is 18.9. The van der Waals surface area contributed by atoms with Crippen LogP contribution in [0.4, 0.5) is 4.79 Å². The van der Waals surface area contributed by atoms with E-state index in [-0.39, 0.29) is 12.0 Å². The average molecular weight is 385 g/mol. The fourth-order valence-electron chi connectivity index (χ4n) is 4.44. The lowest BCUT2D eigenvalue weighted by Crippen LogP contribution is -2.61. The van der Waals surface area contributed by atoms with E-state index in [9.17, 15) is 19.5 Å². The van der Waals surface area contributed by atoms with Gasteiger partial charge in [-0.3, -0.25) is 19.7 Å². The number of amides is 3. The number of carboxylic acid groups (broad SMARTS) is 1. The SMILES string of the molecule is O=C(NO)C1CC2(CC2)CN(C(=O)O)C1C(=O)N1CC=C(c2ccccc2)C1. The minimum Gasteiger partial charge on any atom is -0.465 e. The number of carbonyl (C=O) groups is 3. The van der Waals surface area contributed by atoms with Crippen LogP contribution >= 0.6 is 0 Å². The van der Waals surface area contributed by atoms with Gasteiger partial charge < -0.3 is 10.0 Å². The first-order chi connectivity index (χ1) is 13.4. The minimum absolute atomic E-state index is 0.245. The van der Waals surface area contributed by atoms with Gasteiger partial charge in [0.2, 0.25) is 11.8 Å². The van der Waals surface area contributed by atoms with Gasteiger partial charge in [-0.05, 0) is 35.8 Å². The van der Waals surface area contributed by atoms with Crippen molar-refractivity contribution in [2.45, 2.75) is 25.3 Å². The van der Waals surface area contributed by atoms with Crippen molar-refractivity contribution < 1.29 is 24.7 Å². The molecular weight excluding hydrogens is 362 g/mol. The van der Waals surface area contributed by atoms with E-state index in [1.54, 1.807) is 10.4 Å². The topological polar surface area (TPSA) is 110 Å². The van der Waals surface area contributed by atoms with Crippen LogP contribution in [-0.4, -0.2) is 63.7 Å². The molecule has 1 saturated carbocycles. The first kappa shape index (κ1) is 18.5. The highest BCUT2D eigenvalue weighted by atomic mass is 16.5. The Morgan fingerprint density at radius 3 is 2.46 bits per heavy atom. The lowest BCUT2D eigenvalue weighted by Gasteiger charge is -2.43. The molecule has 0 bridgehead atoms. The molecule has 3 aliphatic rings. The third kappa shape index (κ3) is 3.24. The monoisotopic (exact) mass is 385 g/mol. The Morgan fingerprint density at radius 1 is 1.14 bits per heavy atom. The maximum absolute atomic E-state index is 13.3. The number of piperidine rings is 1. The van der Waals surface area contributed by atoms with Gasteiger partial charge in [0.05, 0.1) is 5.92 Å². The van der Waals surface area contributed by atoms with Crippen LogP contribution in [0.3, 0.4) is 0 Å². The molecule has 8 heteroatoms. The molecule has 0 radical (unpaired) electrons. The number of carbonyl (C=O) groups excluding carboxylic acids is 2. The normalized spacial score (nSPS) is 25.4. The predicted molar refractivity (Wildman–Crippen MR) is 99.2 cm³/mol. The van der Waals surface area contributed by atoms with Crippen LogP contribution in [0, 0.1) is 11.3 Å². The summed E-state index contributed by atoms with van der Waals surface area (Å²) >= 11 is 0. The highest BCUT2D eigenvalue weighted by molar-refractivity contribution is 5.94. The van der Waals surface area contributed by atoms with Gasteiger partial charge in [-0.1, -0.05) is 36.4 Å². The number of nitrogens with zero attached hydrogens (tertiary/aromatic N) is 2. The Bertz CT molecular complexity index is 834. The first-order valence-corrected chi connectivity index (χ1v) is 9.41. The van der Waals surface area contributed by atoms with E-state index in [2.05, 4.69) is 0 Å². The molecule has 1 aliphatic carbocycles. The van der Waals surface area contributed by atoms with Crippen molar-refractivity contribution in [2.75, 3.05) is 19.6 Å². The van der Waals surface area contributed by atoms with Crippen molar-refractivity contribution in [1.29, 1.82) is 0 Å². The van der Waals surface area contributed by atoms with Gasteiger partial charge in [0, 0.05) is 19.6 Å². The number of hydroxylamine groups is 1. The molecule has 1 aromatic carbocycles. The summed E-state index contributed by atoms with van der Waals surface area (Å²) in [6.07, 6.45) is 2.81. The van der Waals surface area contributed by atoms with E-state index >= 15 is 0 Å². The summed E-state index contributed by atoms with van der Waals surface area (Å²) in [5.74, 6) is -2.00. The van der Waals surface area contributed by atoms with Crippen LogP contribution in [-0.2, 0) is 9.59 Å². The molecule has 1 spiro atoms. The molecule has 0 aromatic heterocycles. The standard InChI is InChI=1S/C20H23N3O5/c24-17(21-28)15-10-20(7-8-20)12-23(19(26)27)16(15)18(25)22-9-6-14(11-22)13-4-2-1-3-5-13/h1-6,15-16,28H,7-12H2,(H,21,24)(H,26,27). The number of likely N-dealkylation sites (tertiary alicyclic amines) is 1. The summed E-state index contributed by atoms with van der Waals surface area (Å²) in [6.45, 7) is 0.984. The highest BCUT2D eigenvalue weighted by Gasteiger charge is 2.57. The Balaban J connectivity index is 1.57. The molecular formula is C20H23N3O5. The van der Waals surface area contributed by atoms with Gasteiger partial charge in [0.1, 0.15) is 6.04 Å². The zero-order valence-corrected chi connectivity index (χ0v) is 15.4. The maximum atomic E-state index is 13.3. The first-order valence-electron chi connectivity index (χ1n) is 9.41. The van der Waals surface area contributed by atoms with Gasteiger partial charge in [-0.2, -0.15) is 0 Å². The van der Waals surface area contributed by atoms with E-state index in [0.717, 1.165) is 28.9 Å². The Labute approximate surface area is 162 Å². The van der Waals surface area contributed by atoms with Crippen LogP contribution in [0.5, 0.6) is 0 Å². The molecule has 3 N–H and O–H groups in total. The fraction of sp³-hybridized carbons (Fsp3) is 0.450. The van der Waals surface area contributed by atoms with E-state index in [0.29, 0.717) is 19.5 Å². The molecule has 4 rings (SSSR count). The van der Waals surface area contributed by atoms with E-state index in [4.69, 9.17) is 5.21 Å². The van der Waals surface area contributed by atoms with Gasteiger partial charge in [0.25, 0.3) is 0 Å². The van der Waals surface area contributed by atoms with Gasteiger partial charge in [0.15, 0.2) is 0 Å². The summed E-state index contributed by atoms with van der Waals surface area (Å²) in [4.78, 5) is 40.1. The van der Waals surface area contributed by atoms with Crippen LogP contribution in [0.15, 0.2) is 36.4 Å². The van der Waals surface area contributed by atoms with Gasteiger partial charge in [-0.15, -0.1) is 0 Å². The number of hydrogen-bond donors (Lipinski definition) is 3. The van der Waals surface area contributed by atoms with Crippen molar-refractivity contribution in [3.8, 4) is 0 Å². The quantitative estimate of drug-likeness (QED) is 0.540. The minimum atomic E-state index is -1.21. The average Bonchev–Trinajstić information content (AvgIpc) is 3.27. The third-order valence-electron chi connectivity index (χ3n) is 6.15. The van der Waals surface area contributed by atoms with E-state index in [1.807, 2.05) is 36.4 Å². The van der Waals surface area contributed by atoms with Gasteiger partial charge in [-0.25, -0.2) is 10.3 Å². The predicted octanol–water partition coefficient (Wildman–Crippen LogP) is 1.57. The summed E-state index contributed by atoms with van der Waals surface area (Å²) in [7, 11) is 0. The number of nitrogens with one attached hydrogen (secondary N) is 1. The largest absolute Gasteiger partial charge is 0.465 e. The Morgan fingerprint density at radius 2 is 1.86 bits per heavy atom. The number of hydrogen-bond acceptors (Lipinski definition) is 4. The molecule has 3 amide bonds. The second-order valence-corrected chi connectivity index (χ2v) is 7.96. The molecule has 2 heterocycles. The molecule has 148 valence electrons. The molecule has 2 atom stereocenters. The van der Waals surface area contributed by atoms with Crippen LogP contribution in [0.2, 0.25) is 0 Å². The highest BCUT2D eigenvalue weighted by Crippen LogP contribution is 2.55. The smallest absolute Gasteiger partial charge is 0.408 e. The zero-order chi connectivity index (χ0) is 19.9. The zero-order valence-electron chi connectivity index (χ0n) is 15.4. The van der Waals surface area contributed by atoms with Gasteiger partial charge >= 0.3 is 6.09 Å². The summed E-state index contributed by atoms with van der Waals surface area (Å²) in [5.41, 5.74) is 3.39. The van der Waals surface area contributed by atoms with Crippen LogP contribution in [0.1, 0.15) is 24.8 Å².